The molecule has 1 aromatic carbocycles. The van der Waals surface area contributed by atoms with E-state index in [-0.39, 0.29) is 0 Å². The fourth-order valence-corrected chi connectivity index (χ4v) is 0.999. The van der Waals surface area contributed by atoms with E-state index >= 15 is 0 Å². The molecule has 1 aromatic rings. The van der Waals surface area contributed by atoms with Gasteiger partial charge in [0.05, 0.1) is 14.2 Å². The van der Waals surface area contributed by atoms with Crippen LogP contribution in [0.3, 0.4) is 0 Å². The first-order valence-electron chi connectivity index (χ1n) is 3.66. The molecule has 0 heterocycles. The molecule has 3 nitrogen and oxygen atoms in total. The van der Waals surface area contributed by atoms with E-state index in [0.717, 1.165) is 17.2 Å². The van der Waals surface area contributed by atoms with Crippen molar-refractivity contribution in [2.24, 2.45) is 0 Å². The van der Waals surface area contributed by atoms with Gasteiger partial charge in [-0.25, -0.2) is 0 Å². The highest BCUT2D eigenvalue weighted by Gasteiger charge is 2.03. The van der Waals surface area contributed by atoms with Crippen LogP contribution in [0.25, 0.3) is 0 Å². The number of rotatable bonds is 3. The highest BCUT2D eigenvalue weighted by molar-refractivity contribution is 5.49. The average molecular weight is 167 g/mol. The second-order valence-corrected chi connectivity index (χ2v) is 2.31. The number of benzene rings is 1. The van der Waals surface area contributed by atoms with Gasteiger partial charge in [0.1, 0.15) is 11.4 Å². The monoisotopic (exact) mass is 167 g/mol. The molecular formula is C9H13NO2. The Morgan fingerprint density at radius 1 is 1.25 bits per heavy atom. The first kappa shape index (κ1) is 8.87. The van der Waals surface area contributed by atoms with Crippen LogP contribution in [0.4, 0.5) is 5.69 Å². The Morgan fingerprint density at radius 3 is 2.50 bits per heavy atom. The fraction of sp³-hybridized carbons (Fsp3) is 0.222. The Morgan fingerprint density at radius 2 is 2.00 bits per heavy atom. The van der Waals surface area contributed by atoms with Gasteiger partial charge in [0.25, 0.3) is 0 Å². The van der Waals surface area contributed by atoms with Crippen molar-refractivity contribution < 1.29 is 14.8 Å². The SMILES string of the molecule is [CH2-][NH2+]c1cc(OC)ccc1OC. The number of nitrogens with two attached hydrogens (primary N) is 1. The molecule has 0 aliphatic carbocycles. The molecule has 0 aliphatic rings. The van der Waals surface area contributed by atoms with Gasteiger partial charge in [-0.1, -0.05) is 0 Å². The molecule has 0 saturated carbocycles. The summed E-state index contributed by atoms with van der Waals surface area (Å²) >= 11 is 0. The molecular weight excluding hydrogens is 154 g/mol. The van der Waals surface area contributed by atoms with Crippen LogP contribution in [-0.4, -0.2) is 14.2 Å². The molecule has 0 fully saturated rings. The first-order chi connectivity index (χ1) is 5.81. The van der Waals surface area contributed by atoms with E-state index in [2.05, 4.69) is 7.05 Å². The number of ether oxygens (including phenoxy) is 2. The fourth-order valence-electron chi connectivity index (χ4n) is 0.999. The highest BCUT2D eigenvalue weighted by atomic mass is 16.5. The second kappa shape index (κ2) is 3.97. The third-order valence-electron chi connectivity index (χ3n) is 1.66. The Hall–Kier alpha value is -1.22. The summed E-state index contributed by atoms with van der Waals surface area (Å²) in [4.78, 5) is 0. The highest BCUT2D eigenvalue weighted by Crippen LogP contribution is 2.24. The van der Waals surface area contributed by atoms with Gasteiger partial charge in [0.2, 0.25) is 0 Å². The summed E-state index contributed by atoms with van der Waals surface area (Å²) in [5.74, 6) is 1.62. The van der Waals surface area contributed by atoms with Crippen LogP contribution in [0.1, 0.15) is 0 Å². The first-order valence-corrected chi connectivity index (χ1v) is 3.66. The van der Waals surface area contributed by atoms with Crippen molar-refractivity contribution in [3.63, 3.8) is 0 Å². The Kier molecular flexibility index (Phi) is 2.94. The largest absolute Gasteiger partial charge is 0.497 e. The maximum atomic E-state index is 5.11. The van der Waals surface area contributed by atoms with E-state index in [1.165, 1.54) is 0 Å². The lowest BCUT2D eigenvalue weighted by atomic mass is 10.3. The molecule has 0 radical (unpaired) electrons. The zero-order valence-electron chi connectivity index (χ0n) is 7.33. The van der Waals surface area contributed by atoms with Gasteiger partial charge < -0.3 is 14.8 Å². The predicted octanol–water partition coefficient (Wildman–Crippen LogP) is 0.690. The number of hydrogen-bond acceptors (Lipinski definition) is 2. The van der Waals surface area contributed by atoms with E-state index in [4.69, 9.17) is 9.47 Å². The van der Waals surface area contributed by atoms with Crippen molar-refractivity contribution in [2.75, 3.05) is 14.2 Å². The molecule has 0 bridgehead atoms. The van der Waals surface area contributed by atoms with Gasteiger partial charge in [-0.2, -0.15) is 0 Å². The van der Waals surface area contributed by atoms with E-state index in [0.29, 0.717) is 0 Å². The summed E-state index contributed by atoms with van der Waals surface area (Å²) in [7, 11) is 6.95. The topological polar surface area (TPSA) is 35.1 Å². The van der Waals surface area contributed by atoms with Crippen LogP contribution in [0, 0.1) is 7.05 Å². The second-order valence-electron chi connectivity index (χ2n) is 2.31. The minimum Gasteiger partial charge on any atom is -0.497 e. The lowest BCUT2D eigenvalue weighted by molar-refractivity contribution is -0.505. The molecule has 0 aliphatic heterocycles. The quantitative estimate of drug-likeness (QED) is 0.531. The Balaban J connectivity index is 3.02. The predicted molar refractivity (Wildman–Crippen MR) is 46.5 cm³/mol. The molecule has 0 atom stereocenters. The van der Waals surface area contributed by atoms with E-state index in [9.17, 15) is 0 Å². The van der Waals surface area contributed by atoms with Crippen LogP contribution in [0.2, 0.25) is 0 Å². The van der Waals surface area contributed by atoms with Crippen LogP contribution < -0.4 is 14.8 Å². The van der Waals surface area contributed by atoms with Crippen molar-refractivity contribution in [2.45, 2.75) is 0 Å². The minimum atomic E-state index is 0.811. The zero-order chi connectivity index (χ0) is 8.97. The lowest BCUT2D eigenvalue weighted by Crippen LogP contribution is -2.69. The van der Waals surface area contributed by atoms with Crippen LogP contribution >= 0.6 is 0 Å². The Labute approximate surface area is 72.3 Å². The van der Waals surface area contributed by atoms with Gasteiger partial charge >= 0.3 is 0 Å². The smallest absolute Gasteiger partial charge is 0.177 e. The summed E-state index contributed by atoms with van der Waals surface area (Å²) in [6, 6.07) is 5.59. The van der Waals surface area contributed by atoms with Crippen LogP contribution in [0.5, 0.6) is 11.5 Å². The third-order valence-corrected chi connectivity index (χ3v) is 1.66. The van der Waals surface area contributed by atoms with Gasteiger partial charge in [-0.15, -0.1) is 7.05 Å². The van der Waals surface area contributed by atoms with E-state index in [1.807, 2.05) is 18.2 Å². The molecule has 3 heteroatoms. The molecule has 66 valence electrons. The van der Waals surface area contributed by atoms with Gasteiger partial charge in [-0.3, -0.25) is 0 Å². The molecule has 12 heavy (non-hydrogen) atoms. The van der Waals surface area contributed by atoms with Crippen molar-refractivity contribution in [3.05, 3.63) is 25.2 Å². The maximum absolute atomic E-state index is 5.11. The summed E-state index contributed by atoms with van der Waals surface area (Å²) in [6.07, 6.45) is 0. The molecule has 2 N–H and O–H groups in total. The van der Waals surface area contributed by atoms with Crippen molar-refractivity contribution >= 4 is 5.69 Å². The average Bonchev–Trinajstić information content (AvgIpc) is 2.16. The van der Waals surface area contributed by atoms with Gasteiger partial charge in [-0.05, 0) is 12.1 Å². The standard InChI is InChI=1S/C9H13NO2/c1-10-8-6-7(11-2)4-5-9(8)12-3/h4-6H,1,10H2,2-3H3. The van der Waals surface area contributed by atoms with Crippen molar-refractivity contribution in [1.82, 2.24) is 0 Å². The van der Waals surface area contributed by atoms with Crippen LogP contribution in [-0.2, 0) is 0 Å². The van der Waals surface area contributed by atoms with Crippen molar-refractivity contribution in [1.29, 1.82) is 0 Å². The van der Waals surface area contributed by atoms with Gasteiger partial charge in [0, 0.05) is 6.07 Å². The minimum absolute atomic E-state index is 0.811. The third kappa shape index (κ3) is 1.68. The molecule has 0 unspecified atom stereocenters. The van der Waals surface area contributed by atoms with Crippen molar-refractivity contribution in [3.8, 4) is 11.5 Å². The number of methoxy groups -OCH3 is 2. The van der Waals surface area contributed by atoms with E-state index in [1.54, 1.807) is 19.5 Å². The maximum Gasteiger partial charge on any atom is 0.177 e. The summed E-state index contributed by atoms with van der Waals surface area (Å²) in [5, 5.41) is 1.74. The van der Waals surface area contributed by atoms with Crippen LogP contribution in [0.15, 0.2) is 18.2 Å². The summed E-state index contributed by atoms with van der Waals surface area (Å²) in [6.45, 7) is 0. The normalized spacial score (nSPS) is 9.58. The number of hydrogen-bond donors (Lipinski definition) is 1. The lowest BCUT2D eigenvalue weighted by Gasteiger charge is -2.08. The Bertz CT molecular complexity index is 261. The zero-order valence-corrected chi connectivity index (χ0v) is 7.33. The van der Waals surface area contributed by atoms with E-state index < -0.39 is 0 Å². The molecule has 0 aromatic heterocycles. The number of quaternary nitrogens is 1. The molecule has 0 saturated heterocycles. The summed E-state index contributed by atoms with van der Waals surface area (Å²) in [5.41, 5.74) is 0.942. The molecule has 0 amide bonds. The summed E-state index contributed by atoms with van der Waals surface area (Å²) < 4.78 is 10.2. The molecule has 1 rings (SSSR count). The van der Waals surface area contributed by atoms with Gasteiger partial charge in [0.15, 0.2) is 5.75 Å². The molecule has 0 spiro atoms.